The maximum atomic E-state index is 12.0. The van der Waals surface area contributed by atoms with Crippen LogP contribution in [0.3, 0.4) is 0 Å². The Balaban J connectivity index is 2.48. The fourth-order valence-electron chi connectivity index (χ4n) is 2.00. The van der Waals surface area contributed by atoms with Gasteiger partial charge in [0.25, 0.3) is 0 Å². The number of fused-ring (bicyclic) bond motifs is 1. The van der Waals surface area contributed by atoms with Gasteiger partial charge in [0.2, 0.25) is 0 Å². The average Bonchev–Trinajstić information content (AvgIpc) is 2.81. The third-order valence-electron chi connectivity index (χ3n) is 2.79. The highest BCUT2D eigenvalue weighted by Crippen LogP contribution is 2.33. The Morgan fingerprint density at radius 3 is 2.86 bits per heavy atom. The summed E-state index contributed by atoms with van der Waals surface area (Å²) >= 11 is 0. The molecule has 1 N–H and O–H groups in total. The predicted molar refractivity (Wildman–Crippen MR) is 81.8 cm³/mol. The first-order valence-corrected chi connectivity index (χ1v) is 6.68. The van der Waals surface area contributed by atoms with Gasteiger partial charge < -0.3 is 9.47 Å². The minimum absolute atomic E-state index is 0.0395. The van der Waals surface area contributed by atoms with Crippen LogP contribution in [-0.2, 0) is 11.3 Å². The molecule has 21 heavy (non-hydrogen) atoms. The molecule has 0 radical (unpaired) electrons. The van der Waals surface area contributed by atoms with Crippen LogP contribution in [0.5, 0.6) is 5.75 Å². The van der Waals surface area contributed by atoms with Crippen LogP contribution in [-0.4, -0.2) is 28.5 Å². The second kappa shape index (κ2) is 5.63. The number of carbonyl (C=O) groups is 1. The lowest BCUT2D eigenvalue weighted by Crippen LogP contribution is -2.27. The lowest BCUT2D eigenvalue weighted by molar-refractivity contribution is 0.0635. The number of amides is 1. The number of aryl methyl sites for hydroxylation is 1. The molecule has 1 amide bonds. The number of aromatic nitrogens is 2. The van der Waals surface area contributed by atoms with Crippen molar-refractivity contribution in [3.63, 3.8) is 0 Å². The summed E-state index contributed by atoms with van der Waals surface area (Å²) in [6.45, 7) is 7.61. The second-order valence-electron chi connectivity index (χ2n) is 5.57. The van der Waals surface area contributed by atoms with Gasteiger partial charge >= 0.3 is 6.09 Å². The Morgan fingerprint density at radius 1 is 1.48 bits per heavy atom. The molecule has 0 spiro atoms. The van der Waals surface area contributed by atoms with Crippen molar-refractivity contribution >= 4 is 22.7 Å². The summed E-state index contributed by atoms with van der Waals surface area (Å²) in [5, 5.41) is 7.45. The molecular formula is C15H21N3O3. The molecule has 0 unspecified atom stereocenters. The molecule has 2 aromatic rings. The predicted octanol–water partition coefficient (Wildman–Crippen LogP) is 3.41. The first-order chi connectivity index (χ1) is 11.0. The number of nitrogens with zero attached hydrogens (tertiary/aromatic N) is 2. The van der Waals surface area contributed by atoms with Crippen LogP contribution in [0.2, 0.25) is 0 Å². The fourth-order valence-corrected chi connectivity index (χ4v) is 2.00. The monoisotopic (exact) mass is 294 g/mol. The Bertz CT molecular complexity index is 748. The topological polar surface area (TPSA) is 65.4 Å². The molecule has 6 heteroatoms. The Labute approximate surface area is 128 Å². The van der Waals surface area contributed by atoms with E-state index in [1.807, 2.05) is 6.92 Å². The Morgan fingerprint density at radius 2 is 2.24 bits per heavy atom. The van der Waals surface area contributed by atoms with Crippen LogP contribution < -0.4 is 10.1 Å². The van der Waals surface area contributed by atoms with E-state index in [9.17, 15) is 4.79 Å². The minimum Gasteiger partial charge on any atom is -0.492 e. The third-order valence-corrected chi connectivity index (χ3v) is 2.79. The van der Waals surface area contributed by atoms with Gasteiger partial charge in [-0.05, 0) is 39.8 Å². The number of rotatable bonds is 3. The smallest absolute Gasteiger partial charge is 0.412 e. The number of benzene rings is 1. The number of ether oxygens (including phenoxy) is 2. The summed E-state index contributed by atoms with van der Waals surface area (Å²) in [5.74, 6) is 0.0395. The van der Waals surface area contributed by atoms with Gasteiger partial charge in [-0.2, -0.15) is 5.10 Å². The maximum absolute atomic E-state index is 12.0. The van der Waals surface area contributed by atoms with Gasteiger partial charge in [0.15, 0.2) is 5.75 Å². The van der Waals surface area contributed by atoms with E-state index in [-0.39, 0.29) is 11.4 Å². The SMILES string of the molecule is [2H]C([2H])([2H])Oc1c(NC(=O)OC(C)(C)C)ccc2cnn(CC)c12. The standard InChI is InChI=1S/C15H21N3O3/c1-6-18-12-10(9-16-18)7-8-11(13(12)20-5)17-14(19)21-15(2,3)4/h7-9H,6H2,1-5H3,(H,17,19)/i5D3. The number of carbonyl (C=O) groups excluding carboxylic acids is 1. The quantitative estimate of drug-likeness (QED) is 0.942. The zero-order valence-electron chi connectivity index (χ0n) is 15.6. The molecule has 0 saturated heterocycles. The molecule has 0 aliphatic carbocycles. The Kier molecular flexibility index (Phi) is 3.06. The van der Waals surface area contributed by atoms with Crippen molar-refractivity contribution in [2.45, 2.75) is 39.8 Å². The Hall–Kier alpha value is -2.24. The summed E-state index contributed by atoms with van der Waals surface area (Å²) in [5.41, 5.74) is 0.0370. The van der Waals surface area contributed by atoms with Gasteiger partial charge in [0, 0.05) is 11.9 Å². The molecule has 1 heterocycles. The van der Waals surface area contributed by atoms with Crippen LogP contribution >= 0.6 is 0 Å². The van der Waals surface area contributed by atoms with Crippen molar-refractivity contribution in [1.29, 1.82) is 0 Å². The summed E-state index contributed by atoms with van der Waals surface area (Å²) in [4.78, 5) is 12.0. The lowest BCUT2D eigenvalue weighted by atomic mass is 10.2. The van der Waals surface area contributed by atoms with E-state index in [0.717, 1.165) is 0 Å². The first kappa shape index (κ1) is 11.4. The second-order valence-corrected chi connectivity index (χ2v) is 5.57. The van der Waals surface area contributed by atoms with Gasteiger partial charge in [-0.1, -0.05) is 0 Å². The maximum Gasteiger partial charge on any atom is 0.412 e. The molecule has 2 rings (SSSR count). The van der Waals surface area contributed by atoms with E-state index in [4.69, 9.17) is 13.6 Å². The first-order valence-electron chi connectivity index (χ1n) is 8.18. The zero-order valence-corrected chi connectivity index (χ0v) is 12.6. The van der Waals surface area contributed by atoms with E-state index >= 15 is 0 Å². The van der Waals surface area contributed by atoms with Gasteiger partial charge in [-0.3, -0.25) is 10.00 Å². The van der Waals surface area contributed by atoms with Crippen molar-refractivity contribution in [2.75, 3.05) is 12.4 Å². The van der Waals surface area contributed by atoms with Crippen molar-refractivity contribution in [2.24, 2.45) is 0 Å². The van der Waals surface area contributed by atoms with Gasteiger partial charge in [-0.25, -0.2) is 4.79 Å². The van der Waals surface area contributed by atoms with Crippen LogP contribution in [0.15, 0.2) is 18.3 Å². The number of methoxy groups -OCH3 is 1. The molecule has 114 valence electrons. The number of hydrogen-bond donors (Lipinski definition) is 1. The van der Waals surface area contributed by atoms with Crippen LogP contribution in [0.4, 0.5) is 10.5 Å². The number of hydrogen-bond acceptors (Lipinski definition) is 4. The largest absolute Gasteiger partial charge is 0.492 e. The van der Waals surface area contributed by atoms with E-state index < -0.39 is 18.7 Å². The highest BCUT2D eigenvalue weighted by atomic mass is 16.6. The van der Waals surface area contributed by atoms with Crippen LogP contribution in [0.1, 0.15) is 31.8 Å². The van der Waals surface area contributed by atoms with E-state index in [1.54, 1.807) is 43.8 Å². The van der Waals surface area contributed by atoms with Crippen molar-refractivity contribution in [3.8, 4) is 5.75 Å². The zero-order chi connectivity index (χ0) is 18.1. The summed E-state index contributed by atoms with van der Waals surface area (Å²) in [6, 6.07) is 3.29. The van der Waals surface area contributed by atoms with Crippen molar-refractivity contribution in [3.05, 3.63) is 18.3 Å². The molecular weight excluding hydrogens is 270 g/mol. The molecule has 0 saturated carbocycles. The molecule has 0 aliphatic heterocycles. The van der Waals surface area contributed by atoms with Crippen LogP contribution in [0.25, 0.3) is 10.9 Å². The highest BCUT2D eigenvalue weighted by Gasteiger charge is 2.19. The molecule has 0 fully saturated rings. The molecule has 1 aromatic carbocycles. The average molecular weight is 294 g/mol. The van der Waals surface area contributed by atoms with E-state index in [0.29, 0.717) is 17.4 Å². The summed E-state index contributed by atoms with van der Waals surface area (Å²) in [6.07, 6.45) is 0.919. The summed E-state index contributed by atoms with van der Waals surface area (Å²) in [7, 11) is -2.67. The molecule has 0 atom stereocenters. The third kappa shape index (κ3) is 3.26. The van der Waals surface area contributed by atoms with Crippen molar-refractivity contribution in [1.82, 2.24) is 9.78 Å². The lowest BCUT2D eigenvalue weighted by Gasteiger charge is -2.20. The van der Waals surface area contributed by atoms with E-state index in [2.05, 4.69) is 10.4 Å². The van der Waals surface area contributed by atoms with Crippen LogP contribution in [0, 0.1) is 0 Å². The van der Waals surface area contributed by atoms with Crippen molar-refractivity contribution < 1.29 is 18.4 Å². The van der Waals surface area contributed by atoms with Gasteiger partial charge in [0.1, 0.15) is 11.1 Å². The fraction of sp³-hybridized carbons (Fsp3) is 0.467. The molecule has 1 aromatic heterocycles. The summed E-state index contributed by atoms with van der Waals surface area (Å²) < 4.78 is 34.1. The molecule has 0 bridgehead atoms. The number of nitrogens with one attached hydrogen (secondary N) is 1. The molecule has 6 nitrogen and oxygen atoms in total. The van der Waals surface area contributed by atoms with Gasteiger partial charge in [-0.15, -0.1) is 0 Å². The van der Waals surface area contributed by atoms with E-state index in [1.165, 1.54) is 0 Å². The minimum atomic E-state index is -2.67. The van der Waals surface area contributed by atoms with Gasteiger partial charge in [0.05, 0.1) is 23.0 Å². The highest BCUT2D eigenvalue weighted by molar-refractivity contribution is 5.96. The number of anilines is 1. The normalized spacial score (nSPS) is 14.2. The molecule has 0 aliphatic rings.